The molecule has 0 saturated heterocycles. The largest absolute Gasteiger partial charge is 0.497 e. The molecule has 0 bridgehead atoms. The van der Waals surface area contributed by atoms with E-state index in [0.29, 0.717) is 22.3 Å². The van der Waals surface area contributed by atoms with Crippen molar-refractivity contribution in [1.29, 1.82) is 0 Å². The van der Waals surface area contributed by atoms with Gasteiger partial charge in [-0.1, -0.05) is 23.5 Å². The van der Waals surface area contributed by atoms with Crippen LogP contribution in [0, 0.1) is 0 Å². The average molecular weight is 368 g/mol. The predicted molar refractivity (Wildman–Crippen MR) is 99.2 cm³/mol. The summed E-state index contributed by atoms with van der Waals surface area (Å²) in [6.07, 6.45) is 0. The monoisotopic (exact) mass is 368 g/mol. The van der Waals surface area contributed by atoms with Gasteiger partial charge in [-0.05, 0) is 30.3 Å². The van der Waals surface area contributed by atoms with Gasteiger partial charge in [-0.25, -0.2) is 0 Å². The Balaban J connectivity index is 1.79. The minimum atomic E-state index is 0.656. The Labute approximate surface area is 153 Å². The molecule has 2 heterocycles. The summed E-state index contributed by atoms with van der Waals surface area (Å²) in [6, 6.07) is 13.4. The lowest BCUT2D eigenvalue weighted by atomic mass is 10.2. The summed E-state index contributed by atoms with van der Waals surface area (Å²) in [5, 5.41) is 14.0. The highest BCUT2D eigenvalue weighted by Gasteiger charge is 2.16. The summed E-state index contributed by atoms with van der Waals surface area (Å²) in [5.41, 5.74) is 1.82. The zero-order valence-corrected chi connectivity index (χ0v) is 15.3. The molecule has 8 heteroatoms. The quantitative estimate of drug-likeness (QED) is 0.537. The Hall–Kier alpha value is -3.13. The number of nitrogens with zero attached hydrogens (tertiary/aromatic N) is 4. The first-order chi connectivity index (χ1) is 12.7. The van der Waals surface area contributed by atoms with Crippen LogP contribution in [0.2, 0.25) is 0 Å². The van der Waals surface area contributed by atoms with Gasteiger partial charge < -0.3 is 14.2 Å². The van der Waals surface area contributed by atoms with E-state index in [1.807, 2.05) is 42.5 Å². The van der Waals surface area contributed by atoms with Crippen LogP contribution in [0.25, 0.3) is 26.9 Å². The zero-order valence-electron chi connectivity index (χ0n) is 14.5. The van der Waals surface area contributed by atoms with E-state index in [-0.39, 0.29) is 0 Å². The Morgan fingerprint density at radius 2 is 1.69 bits per heavy atom. The number of ether oxygens (including phenoxy) is 3. The first kappa shape index (κ1) is 16.3. The van der Waals surface area contributed by atoms with Crippen LogP contribution in [0.15, 0.2) is 42.5 Å². The number of aromatic nitrogens is 4. The van der Waals surface area contributed by atoms with Crippen molar-refractivity contribution in [1.82, 2.24) is 19.8 Å². The van der Waals surface area contributed by atoms with Gasteiger partial charge in [0.05, 0.1) is 21.3 Å². The molecule has 0 unspecified atom stereocenters. The van der Waals surface area contributed by atoms with Gasteiger partial charge in [-0.15, -0.1) is 10.2 Å². The summed E-state index contributed by atoms with van der Waals surface area (Å²) < 4.78 is 17.7. The molecule has 2 aromatic heterocycles. The third-order valence-corrected chi connectivity index (χ3v) is 4.90. The standard InChI is InChI=1S/C18H16N4O3S/c1-23-13-6-4-5-11(9-13)16-19-20-18-22(16)21-17(26-18)12-7-8-14(24-2)15(10-12)25-3/h4-10H,1-3H3. The number of methoxy groups -OCH3 is 3. The van der Waals surface area contributed by atoms with E-state index in [2.05, 4.69) is 15.3 Å². The maximum atomic E-state index is 5.38. The molecule has 132 valence electrons. The SMILES string of the molecule is COc1cccc(-c2nnc3sc(-c4ccc(OC)c(OC)c4)nn23)c1. The summed E-state index contributed by atoms with van der Waals surface area (Å²) in [4.78, 5) is 0.715. The highest BCUT2D eigenvalue weighted by atomic mass is 32.1. The van der Waals surface area contributed by atoms with Gasteiger partial charge in [-0.3, -0.25) is 0 Å². The minimum Gasteiger partial charge on any atom is -0.497 e. The first-order valence-electron chi connectivity index (χ1n) is 7.82. The van der Waals surface area contributed by atoms with Gasteiger partial charge in [0, 0.05) is 11.1 Å². The number of fused-ring (bicyclic) bond motifs is 1. The van der Waals surface area contributed by atoms with E-state index in [0.717, 1.165) is 21.9 Å². The van der Waals surface area contributed by atoms with Crippen LogP contribution in [0.4, 0.5) is 0 Å². The molecule has 0 fully saturated rings. The molecule has 0 saturated carbocycles. The molecular weight excluding hydrogens is 352 g/mol. The molecular formula is C18H16N4O3S. The fourth-order valence-electron chi connectivity index (χ4n) is 2.65. The molecule has 4 rings (SSSR count). The maximum Gasteiger partial charge on any atom is 0.235 e. The lowest BCUT2D eigenvalue weighted by Gasteiger charge is -2.07. The van der Waals surface area contributed by atoms with Gasteiger partial charge >= 0.3 is 0 Å². The fraction of sp³-hybridized carbons (Fsp3) is 0.167. The Kier molecular flexibility index (Phi) is 4.18. The van der Waals surface area contributed by atoms with Crippen molar-refractivity contribution in [2.45, 2.75) is 0 Å². The van der Waals surface area contributed by atoms with Crippen molar-refractivity contribution in [2.75, 3.05) is 21.3 Å². The summed E-state index contributed by atoms with van der Waals surface area (Å²) in [6.45, 7) is 0. The van der Waals surface area contributed by atoms with E-state index in [4.69, 9.17) is 14.2 Å². The molecule has 0 aliphatic carbocycles. The van der Waals surface area contributed by atoms with Crippen LogP contribution in [0.1, 0.15) is 0 Å². The van der Waals surface area contributed by atoms with E-state index >= 15 is 0 Å². The van der Waals surface area contributed by atoms with Crippen LogP contribution in [-0.4, -0.2) is 41.1 Å². The van der Waals surface area contributed by atoms with Crippen molar-refractivity contribution in [2.24, 2.45) is 0 Å². The van der Waals surface area contributed by atoms with Crippen LogP contribution in [0.3, 0.4) is 0 Å². The van der Waals surface area contributed by atoms with E-state index in [9.17, 15) is 0 Å². The summed E-state index contributed by atoms with van der Waals surface area (Å²) >= 11 is 1.46. The van der Waals surface area contributed by atoms with Crippen LogP contribution < -0.4 is 14.2 Å². The number of hydrogen-bond donors (Lipinski definition) is 0. The molecule has 26 heavy (non-hydrogen) atoms. The molecule has 0 aliphatic heterocycles. The van der Waals surface area contributed by atoms with Crippen molar-refractivity contribution < 1.29 is 14.2 Å². The van der Waals surface area contributed by atoms with Gasteiger partial charge in [0.2, 0.25) is 4.96 Å². The smallest absolute Gasteiger partial charge is 0.235 e. The third kappa shape index (κ3) is 2.74. The topological polar surface area (TPSA) is 70.8 Å². The van der Waals surface area contributed by atoms with Crippen LogP contribution in [0.5, 0.6) is 17.2 Å². The lowest BCUT2D eigenvalue weighted by molar-refractivity contribution is 0.355. The molecule has 0 amide bonds. The lowest BCUT2D eigenvalue weighted by Crippen LogP contribution is -1.93. The number of hydrogen-bond acceptors (Lipinski definition) is 7. The van der Waals surface area contributed by atoms with Crippen molar-refractivity contribution in [3.05, 3.63) is 42.5 Å². The van der Waals surface area contributed by atoms with Crippen LogP contribution >= 0.6 is 11.3 Å². The Bertz CT molecular complexity index is 1070. The van der Waals surface area contributed by atoms with E-state index in [1.54, 1.807) is 25.8 Å². The summed E-state index contributed by atoms with van der Waals surface area (Å²) in [7, 11) is 4.86. The normalized spacial score (nSPS) is 10.9. The van der Waals surface area contributed by atoms with Crippen LogP contribution in [-0.2, 0) is 0 Å². The van der Waals surface area contributed by atoms with Crippen molar-refractivity contribution >= 4 is 16.3 Å². The minimum absolute atomic E-state index is 0.656. The molecule has 0 aliphatic rings. The van der Waals surface area contributed by atoms with Gasteiger partial charge in [0.1, 0.15) is 10.8 Å². The molecule has 7 nitrogen and oxygen atoms in total. The Morgan fingerprint density at radius 1 is 0.846 bits per heavy atom. The maximum absolute atomic E-state index is 5.38. The number of benzene rings is 2. The Morgan fingerprint density at radius 3 is 2.46 bits per heavy atom. The van der Waals surface area contributed by atoms with Gasteiger partial charge in [-0.2, -0.15) is 9.61 Å². The average Bonchev–Trinajstić information content (AvgIpc) is 3.28. The predicted octanol–water partition coefficient (Wildman–Crippen LogP) is 3.55. The molecule has 2 aromatic carbocycles. The van der Waals surface area contributed by atoms with E-state index < -0.39 is 0 Å². The van der Waals surface area contributed by atoms with Crippen molar-refractivity contribution in [3.8, 4) is 39.2 Å². The van der Waals surface area contributed by atoms with Crippen molar-refractivity contribution in [3.63, 3.8) is 0 Å². The second-order valence-electron chi connectivity index (χ2n) is 5.43. The molecule has 0 N–H and O–H groups in total. The third-order valence-electron chi connectivity index (χ3n) is 3.95. The molecule has 0 spiro atoms. The molecule has 0 atom stereocenters. The second-order valence-corrected chi connectivity index (χ2v) is 6.38. The van der Waals surface area contributed by atoms with Gasteiger partial charge in [0.15, 0.2) is 17.3 Å². The highest BCUT2D eigenvalue weighted by molar-refractivity contribution is 7.19. The van der Waals surface area contributed by atoms with Gasteiger partial charge in [0.25, 0.3) is 0 Å². The second kappa shape index (κ2) is 6.64. The zero-order chi connectivity index (χ0) is 18.1. The molecule has 4 aromatic rings. The number of rotatable bonds is 5. The molecule has 0 radical (unpaired) electrons. The summed E-state index contributed by atoms with van der Waals surface area (Å²) in [5.74, 6) is 2.76. The fourth-order valence-corrected chi connectivity index (χ4v) is 3.48. The first-order valence-corrected chi connectivity index (χ1v) is 8.64. The van der Waals surface area contributed by atoms with E-state index in [1.165, 1.54) is 11.3 Å². The highest BCUT2D eigenvalue weighted by Crippen LogP contribution is 2.34.